The summed E-state index contributed by atoms with van der Waals surface area (Å²) in [5.41, 5.74) is 17.3. The highest BCUT2D eigenvalue weighted by molar-refractivity contribution is 5.99. The average molecular weight is 272 g/mol. The first-order valence-electron chi connectivity index (χ1n) is 5.59. The third-order valence-corrected chi connectivity index (χ3v) is 2.50. The predicted octanol–water partition coefficient (Wildman–Crippen LogP) is 0.113. The Morgan fingerprint density at radius 2 is 1.25 bits per heavy atom. The van der Waals surface area contributed by atoms with E-state index in [2.05, 4.69) is 20.8 Å². The topological polar surface area (TPSA) is 136 Å². The molecule has 0 aliphatic heterocycles. The third kappa shape index (κ3) is 2.80. The molecule has 0 aliphatic carbocycles. The lowest BCUT2D eigenvalue weighted by atomic mass is 10.2. The fraction of sp³-hybridized carbons (Fsp3) is 0. The molecule has 2 aromatic rings. The van der Waals surface area contributed by atoms with E-state index < -0.39 is 11.8 Å². The zero-order valence-corrected chi connectivity index (χ0v) is 10.3. The highest BCUT2D eigenvalue weighted by Gasteiger charge is 2.10. The van der Waals surface area contributed by atoms with Crippen LogP contribution in [0.2, 0.25) is 0 Å². The molecule has 0 atom stereocenters. The van der Waals surface area contributed by atoms with E-state index in [9.17, 15) is 9.59 Å². The van der Waals surface area contributed by atoms with Gasteiger partial charge in [0.1, 0.15) is 0 Å². The normalized spacial score (nSPS) is 9.80. The quantitative estimate of drug-likeness (QED) is 0.570. The van der Waals surface area contributed by atoms with Crippen LogP contribution in [0.5, 0.6) is 0 Å². The third-order valence-electron chi connectivity index (χ3n) is 2.50. The van der Waals surface area contributed by atoms with E-state index in [1.165, 1.54) is 24.8 Å². The minimum Gasteiger partial charge on any atom is -0.365 e. The number of carbonyl (C=O) groups excluding carboxylic acids is 2. The minimum atomic E-state index is -0.618. The summed E-state index contributed by atoms with van der Waals surface area (Å²) in [6.45, 7) is 0. The molecule has 0 saturated heterocycles. The van der Waals surface area contributed by atoms with E-state index >= 15 is 0 Å². The lowest BCUT2D eigenvalue weighted by molar-refractivity contribution is 0.0992. The van der Waals surface area contributed by atoms with E-state index in [0.717, 1.165) is 0 Å². The molecule has 0 unspecified atom stereocenters. The number of nitrogens with two attached hydrogens (primary N) is 2. The van der Waals surface area contributed by atoms with Gasteiger partial charge >= 0.3 is 0 Å². The van der Waals surface area contributed by atoms with Gasteiger partial charge in [-0.25, -0.2) is 0 Å². The summed E-state index contributed by atoms with van der Waals surface area (Å²) in [5.74, 6) is -1.24. The summed E-state index contributed by atoms with van der Waals surface area (Å²) >= 11 is 0. The number of nitrogens with one attached hydrogen (secondary N) is 2. The summed E-state index contributed by atoms with van der Waals surface area (Å²) in [6.07, 6.45) is 5.68. The fourth-order valence-electron chi connectivity index (χ4n) is 1.53. The average Bonchev–Trinajstić information content (AvgIpc) is 2.45. The van der Waals surface area contributed by atoms with E-state index in [1.54, 1.807) is 12.1 Å². The zero-order valence-electron chi connectivity index (χ0n) is 10.3. The Kier molecular flexibility index (Phi) is 3.75. The Hall–Kier alpha value is -3.16. The van der Waals surface area contributed by atoms with E-state index in [4.69, 9.17) is 11.5 Å². The van der Waals surface area contributed by atoms with E-state index in [0.29, 0.717) is 11.4 Å². The molecule has 0 saturated carbocycles. The summed E-state index contributed by atoms with van der Waals surface area (Å²) in [5, 5.41) is 0. The summed E-state index contributed by atoms with van der Waals surface area (Å²) in [7, 11) is 0. The predicted molar refractivity (Wildman–Crippen MR) is 72.8 cm³/mol. The largest absolute Gasteiger partial charge is 0.365 e. The number of primary amides is 2. The highest BCUT2D eigenvalue weighted by atomic mass is 16.1. The second-order valence-corrected chi connectivity index (χ2v) is 3.82. The lowest BCUT2D eigenvalue weighted by Gasteiger charge is -2.13. The number of carbonyl (C=O) groups is 2. The van der Waals surface area contributed by atoms with Gasteiger partial charge in [0.2, 0.25) is 0 Å². The van der Waals surface area contributed by atoms with Crippen LogP contribution in [0.15, 0.2) is 36.9 Å². The molecule has 0 radical (unpaired) electrons. The first-order valence-corrected chi connectivity index (χ1v) is 5.59. The number of anilines is 2. The smallest absolute Gasteiger partial charge is 0.252 e. The molecule has 8 heteroatoms. The van der Waals surface area contributed by atoms with Gasteiger partial charge in [-0.05, 0) is 12.1 Å². The fourth-order valence-corrected chi connectivity index (χ4v) is 1.53. The van der Waals surface area contributed by atoms with Crippen molar-refractivity contribution in [3.05, 3.63) is 48.0 Å². The van der Waals surface area contributed by atoms with E-state index in [-0.39, 0.29) is 11.1 Å². The Labute approximate surface area is 114 Å². The highest BCUT2D eigenvalue weighted by Crippen LogP contribution is 2.16. The SMILES string of the molecule is NC(=O)c1cnccc1NNc1ccncc1C(N)=O. The van der Waals surface area contributed by atoms with Crippen LogP contribution in [0.4, 0.5) is 11.4 Å². The number of amides is 2. The molecule has 8 nitrogen and oxygen atoms in total. The molecule has 0 aromatic carbocycles. The van der Waals surface area contributed by atoms with Gasteiger partial charge in [-0.1, -0.05) is 0 Å². The number of hydrogen-bond donors (Lipinski definition) is 4. The number of nitrogens with zero attached hydrogens (tertiary/aromatic N) is 2. The minimum absolute atomic E-state index is 0.217. The van der Waals surface area contributed by atoms with Crippen LogP contribution in [0, 0.1) is 0 Å². The molecule has 2 amide bonds. The zero-order chi connectivity index (χ0) is 14.5. The van der Waals surface area contributed by atoms with Crippen molar-refractivity contribution in [3.8, 4) is 0 Å². The summed E-state index contributed by atoms with van der Waals surface area (Å²) < 4.78 is 0. The van der Waals surface area contributed by atoms with Gasteiger partial charge in [-0.3, -0.25) is 30.4 Å². The van der Waals surface area contributed by atoms with Gasteiger partial charge in [-0.15, -0.1) is 0 Å². The van der Waals surface area contributed by atoms with Crippen molar-refractivity contribution in [2.75, 3.05) is 10.9 Å². The van der Waals surface area contributed by atoms with Gasteiger partial charge in [0, 0.05) is 24.8 Å². The molecule has 2 aromatic heterocycles. The molecule has 6 N–H and O–H groups in total. The molecule has 20 heavy (non-hydrogen) atoms. The van der Waals surface area contributed by atoms with Crippen LogP contribution in [0.1, 0.15) is 20.7 Å². The second-order valence-electron chi connectivity index (χ2n) is 3.82. The van der Waals surface area contributed by atoms with Crippen LogP contribution < -0.4 is 22.3 Å². The van der Waals surface area contributed by atoms with Gasteiger partial charge in [0.15, 0.2) is 0 Å². The van der Waals surface area contributed by atoms with Crippen molar-refractivity contribution < 1.29 is 9.59 Å². The first-order chi connectivity index (χ1) is 9.59. The summed E-state index contributed by atoms with van der Waals surface area (Å²) in [4.78, 5) is 30.1. The second kappa shape index (κ2) is 5.65. The van der Waals surface area contributed by atoms with Crippen molar-refractivity contribution in [3.63, 3.8) is 0 Å². The van der Waals surface area contributed by atoms with Gasteiger partial charge in [0.25, 0.3) is 11.8 Å². The maximum Gasteiger partial charge on any atom is 0.252 e. The van der Waals surface area contributed by atoms with Crippen LogP contribution >= 0.6 is 0 Å². The standard InChI is InChI=1S/C12H12N6O2/c13-11(19)7-5-15-3-1-9(7)17-18-10-2-4-16-6-8(10)12(14)20/h1-6H,(H2,13,19)(H2,14,20)(H,15,17)(H,16,18). The molecule has 2 rings (SSSR count). The van der Waals surface area contributed by atoms with Gasteiger partial charge in [0.05, 0.1) is 22.5 Å². The van der Waals surface area contributed by atoms with Crippen molar-refractivity contribution in [2.24, 2.45) is 11.5 Å². The Morgan fingerprint density at radius 3 is 1.60 bits per heavy atom. The van der Waals surface area contributed by atoms with E-state index in [1.807, 2.05) is 0 Å². The van der Waals surface area contributed by atoms with Crippen LogP contribution in [0.25, 0.3) is 0 Å². The number of rotatable bonds is 5. The van der Waals surface area contributed by atoms with Crippen molar-refractivity contribution in [2.45, 2.75) is 0 Å². The monoisotopic (exact) mass is 272 g/mol. The van der Waals surface area contributed by atoms with Gasteiger partial charge < -0.3 is 11.5 Å². The molecule has 2 heterocycles. The number of aromatic nitrogens is 2. The molecular formula is C12H12N6O2. The van der Waals surface area contributed by atoms with Crippen molar-refractivity contribution in [1.82, 2.24) is 9.97 Å². The Balaban J connectivity index is 2.22. The Bertz CT molecular complexity index is 600. The van der Waals surface area contributed by atoms with Crippen molar-refractivity contribution in [1.29, 1.82) is 0 Å². The maximum atomic E-state index is 11.2. The van der Waals surface area contributed by atoms with Crippen LogP contribution in [-0.2, 0) is 0 Å². The number of hydrogen-bond acceptors (Lipinski definition) is 6. The number of hydrazine groups is 1. The molecule has 102 valence electrons. The molecule has 0 bridgehead atoms. The molecule has 0 fully saturated rings. The molecule has 0 spiro atoms. The maximum absolute atomic E-state index is 11.2. The number of pyridine rings is 2. The molecule has 0 aliphatic rings. The van der Waals surface area contributed by atoms with Crippen LogP contribution in [0.3, 0.4) is 0 Å². The Morgan fingerprint density at radius 1 is 0.850 bits per heavy atom. The van der Waals surface area contributed by atoms with Crippen molar-refractivity contribution >= 4 is 23.2 Å². The molecular weight excluding hydrogens is 260 g/mol. The van der Waals surface area contributed by atoms with Gasteiger partial charge in [-0.2, -0.15) is 0 Å². The van der Waals surface area contributed by atoms with Crippen LogP contribution in [-0.4, -0.2) is 21.8 Å². The summed E-state index contributed by atoms with van der Waals surface area (Å²) in [6, 6.07) is 3.14. The lowest BCUT2D eigenvalue weighted by Crippen LogP contribution is -2.20. The first kappa shape index (κ1) is 13.3.